The standard InChI is InChI=1S/C22H27N7O4/c1-23-19-10-18(25-16-5-2-8-28(22(16)32)13-4-3-9-33-12-13)27-20-14(11-24-29(19)20)21(31)26-15-6-7-17(15)30/h2,5,8,10-11,13,15,17,23,30H,3-4,6-7,9,12H2,1H3,(H,25,27)(H,26,31)/t13-,15+,17-/m1/s1. The van der Waals surface area contributed by atoms with Crippen molar-refractivity contribution in [3.05, 3.63) is 46.5 Å². The first-order valence-electron chi connectivity index (χ1n) is 11.2. The minimum absolute atomic E-state index is 0.00305. The van der Waals surface area contributed by atoms with Gasteiger partial charge >= 0.3 is 0 Å². The third kappa shape index (κ3) is 4.05. The zero-order valence-corrected chi connectivity index (χ0v) is 18.3. The number of aromatic nitrogens is 4. The molecule has 1 saturated carbocycles. The molecule has 174 valence electrons. The highest BCUT2D eigenvalue weighted by atomic mass is 16.5. The Labute approximate surface area is 189 Å². The Kier molecular flexibility index (Phi) is 5.73. The molecule has 11 heteroatoms. The number of anilines is 3. The largest absolute Gasteiger partial charge is 0.391 e. The van der Waals surface area contributed by atoms with Crippen molar-refractivity contribution in [1.82, 2.24) is 24.5 Å². The molecular weight excluding hydrogens is 426 g/mol. The first-order valence-corrected chi connectivity index (χ1v) is 11.2. The van der Waals surface area contributed by atoms with E-state index < -0.39 is 6.10 Å². The topological polar surface area (TPSA) is 135 Å². The lowest BCUT2D eigenvalue weighted by molar-refractivity contribution is 0.0448. The number of aliphatic hydroxyl groups excluding tert-OH is 1. The second kappa shape index (κ2) is 8.83. The van der Waals surface area contributed by atoms with Gasteiger partial charge < -0.3 is 30.4 Å². The van der Waals surface area contributed by atoms with Gasteiger partial charge in [-0.2, -0.15) is 9.61 Å². The molecule has 1 aliphatic carbocycles. The van der Waals surface area contributed by atoms with E-state index in [1.165, 1.54) is 10.7 Å². The van der Waals surface area contributed by atoms with Gasteiger partial charge in [0.2, 0.25) is 0 Å². The van der Waals surface area contributed by atoms with E-state index >= 15 is 0 Å². The fourth-order valence-corrected chi connectivity index (χ4v) is 4.24. The summed E-state index contributed by atoms with van der Waals surface area (Å²) in [5, 5.41) is 23.1. The predicted octanol–water partition coefficient (Wildman–Crippen LogP) is 1.28. The molecule has 0 bridgehead atoms. The quantitative estimate of drug-likeness (QED) is 0.438. The second-order valence-corrected chi connectivity index (χ2v) is 8.43. The van der Waals surface area contributed by atoms with Crippen molar-refractivity contribution in [3.63, 3.8) is 0 Å². The van der Waals surface area contributed by atoms with E-state index in [2.05, 4.69) is 26.0 Å². The van der Waals surface area contributed by atoms with Crippen LogP contribution in [0.1, 0.15) is 42.1 Å². The van der Waals surface area contributed by atoms with Crippen LogP contribution in [0.4, 0.5) is 17.3 Å². The first kappa shape index (κ1) is 21.4. The van der Waals surface area contributed by atoms with Crippen LogP contribution in [-0.4, -0.2) is 62.6 Å². The molecule has 2 fully saturated rings. The van der Waals surface area contributed by atoms with Gasteiger partial charge in [0, 0.05) is 25.9 Å². The van der Waals surface area contributed by atoms with Crippen molar-refractivity contribution in [3.8, 4) is 0 Å². The van der Waals surface area contributed by atoms with Crippen LogP contribution < -0.4 is 21.5 Å². The van der Waals surface area contributed by atoms with Crippen LogP contribution in [0.15, 0.2) is 35.4 Å². The third-order valence-corrected chi connectivity index (χ3v) is 6.29. The van der Waals surface area contributed by atoms with Gasteiger partial charge in [-0.15, -0.1) is 0 Å². The van der Waals surface area contributed by atoms with E-state index in [9.17, 15) is 14.7 Å². The molecule has 0 spiro atoms. The van der Waals surface area contributed by atoms with E-state index in [1.807, 2.05) is 6.07 Å². The highest BCUT2D eigenvalue weighted by Gasteiger charge is 2.31. The molecule has 11 nitrogen and oxygen atoms in total. The Hall–Kier alpha value is -3.44. The molecule has 3 aromatic heterocycles. The lowest BCUT2D eigenvalue weighted by atomic mass is 9.89. The number of aliphatic hydroxyl groups is 1. The van der Waals surface area contributed by atoms with Crippen LogP contribution >= 0.6 is 0 Å². The Morgan fingerprint density at radius 1 is 1.30 bits per heavy atom. The van der Waals surface area contributed by atoms with Crippen molar-refractivity contribution in [2.75, 3.05) is 30.9 Å². The maximum absolute atomic E-state index is 13.1. The number of ether oxygens (including phenoxy) is 1. The van der Waals surface area contributed by atoms with E-state index in [1.54, 1.807) is 29.9 Å². The summed E-state index contributed by atoms with van der Waals surface area (Å²) >= 11 is 0. The van der Waals surface area contributed by atoms with Gasteiger partial charge in [-0.3, -0.25) is 9.59 Å². The van der Waals surface area contributed by atoms with E-state index in [4.69, 9.17) is 4.74 Å². The van der Waals surface area contributed by atoms with Crippen LogP contribution in [0.3, 0.4) is 0 Å². The van der Waals surface area contributed by atoms with Gasteiger partial charge in [0.05, 0.1) is 31.0 Å². The highest BCUT2D eigenvalue weighted by Crippen LogP contribution is 2.24. The van der Waals surface area contributed by atoms with Gasteiger partial charge in [0.25, 0.3) is 11.5 Å². The zero-order chi connectivity index (χ0) is 22.9. The number of carbonyl (C=O) groups excluding carboxylic acids is 1. The molecule has 0 radical (unpaired) electrons. The van der Waals surface area contributed by atoms with Crippen molar-refractivity contribution >= 4 is 28.9 Å². The molecule has 5 rings (SSSR count). The number of nitrogens with zero attached hydrogens (tertiary/aromatic N) is 4. The second-order valence-electron chi connectivity index (χ2n) is 8.43. The van der Waals surface area contributed by atoms with E-state index in [0.29, 0.717) is 41.6 Å². The number of nitrogens with one attached hydrogen (secondary N) is 3. The van der Waals surface area contributed by atoms with Crippen LogP contribution in [0.5, 0.6) is 0 Å². The number of hydrogen-bond acceptors (Lipinski definition) is 8. The predicted molar refractivity (Wildman–Crippen MR) is 122 cm³/mol. The molecule has 0 aromatic carbocycles. The number of rotatable bonds is 6. The summed E-state index contributed by atoms with van der Waals surface area (Å²) in [7, 11) is 1.74. The minimum atomic E-state index is -0.524. The molecule has 4 N–H and O–H groups in total. The van der Waals surface area contributed by atoms with E-state index in [0.717, 1.165) is 25.9 Å². The average molecular weight is 454 g/mol. The summed E-state index contributed by atoms with van der Waals surface area (Å²) in [6.45, 7) is 1.24. The van der Waals surface area contributed by atoms with Gasteiger partial charge in [0.15, 0.2) is 5.65 Å². The monoisotopic (exact) mass is 453 g/mol. The number of pyridine rings is 1. The first-order chi connectivity index (χ1) is 16.0. The summed E-state index contributed by atoms with van der Waals surface area (Å²) in [6.07, 6.45) is 5.92. The summed E-state index contributed by atoms with van der Waals surface area (Å²) in [5.41, 5.74) is 0.850. The zero-order valence-electron chi connectivity index (χ0n) is 18.3. The van der Waals surface area contributed by atoms with Crippen LogP contribution in [0.2, 0.25) is 0 Å². The summed E-state index contributed by atoms with van der Waals surface area (Å²) in [6, 6.07) is 4.98. The van der Waals surface area contributed by atoms with E-state index in [-0.39, 0.29) is 23.6 Å². The Morgan fingerprint density at radius 3 is 2.88 bits per heavy atom. The number of amides is 1. The van der Waals surface area contributed by atoms with Gasteiger partial charge in [-0.1, -0.05) is 0 Å². The van der Waals surface area contributed by atoms with Crippen molar-refractivity contribution in [2.45, 2.75) is 43.9 Å². The number of hydrogen-bond donors (Lipinski definition) is 4. The highest BCUT2D eigenvalue weighted by molar-refractivity contribution is 6.00. The fraction of sp³-hybridized carbons (Fsp3) is 0.455. The van der Waals surface area contributed by atoms with Crippen LogP contribution in [0.25, 0.3) is 5.65 Å². The molecule has 4 heterocycles. The molecule has 0 unspecified atom stereocenters. The molecule has 3 atom stereocenters. The Morgan fingerprint density at radius 2 is 2.18 bits per heavy atom. The molecule has 3 aromatic rings. The lowest BCUT2D eigenvalue weighted by Crippen LogP contribution is -2.50. The van der Waals surface area contributed by atoms with Crippen molar-refractivity contribution in [1.29, 1.82) is 0 Å². The summed E-state index contributed by atoms with van der Waals surface area (Å²) in [4.78, 5) is 30.5. The summed E-state index contributed by atoms with van der Waals surface area (Å²) in [5.74, 6) is 0.654. The minimum Gasteiger partial charge on any atom is -0.391 e. The SMILES string of the molecule is CNc1cc(Nc2cccn([C@@H]3CCCOC3)c2=O)nc2c(C(=O)N[C@H]3CC[C@H]3O)cnn12. The average Bonchev–Trinajstić information content (AvgIpc) is 3.27. The third-order valence-electron chi connectivity index (χ3n) is 6.29. The maximum Gasteiger partial charge on any atom is 0.274 e. The Balaban J connectivity index is 1.46. The van der Waals surface area contributed by atoms with Gasteiger partial charge in [-0.25, -0.2) is 4.98 Å². The van der Waals surface area contributed by atoms with Crippen molar-refractivity contribution in [2.24, 2.45) is 0 Å². The molecule has 2 aliphatic rings. The smallest absolute Gasteiger partial charge is 0.274 e. The lowest BCUT2D eigenvalue weighted by Gasteiger charge is -2.32. The van der Waals surface area contributed by atoms with Crippen LogP contribution in [-0.2, 0) is 4.74 Å². The number of fused-ring (bicyclic) bond motifs is 1. The van der Waals surface area contributed by atoms with Crippen LogP contribution in [0, 0.1) is 0 Å². The normalized spacial score (nSPS) is 22.5. The van der Waals surface area contributed by atoms with Gasteiger partial charge in [0.1, 0.15) is 22.9 Å². The fourth-order valence-electron chi connectivity index (χ4n) is 4.24. The molecule has 1 saturated heterocycles. The summed E-state index contributed by atoms with van der Waals surface area (Å²) < 4.78 is 8.76. The molecule has 1 amide bonds. The maximum atomic E-state index is 13.1. The molecule has 33 heavy (non-hydrogen) atoms. The Bertz CT molecular complexity index is 1230. The molecule has 1 aliphatic heterocycles. The number of carbonyl (C=O) groups is 1. The van der Waals surface area contributed by atoms with Crippen molar-refractivity contribution < 1.29 is 14.6 Å². The molecular formula is C22H27N7O4. The van der Waals surface area contributed by atoms with Gasteiger partial charge in [-0.05, 0) is 37.8 Å².